The highest BCUT2D eigenvalue weighted by Gasteiger charge is 2.62. The van der Waals surface area contributed by atoms with Crippen LogP contribution in [0.25, 0.3) is 0 Å². The lowest BCUT2D eigenvalue weighted by molar-refractivity contribution is -0.157. The maximum atomic E-state index is 13.8. The molecule has 0 aliphatic carbocycles. The smallest absolute Gasteiger partial charge is 0.335 e. The van der Waals surface area contributed by atoms with Crippen molar-refractivity contribution in [3.8, 4) is 0 Å². The Balaban J connectivity index is 2.15. The lowest BCUT2D eigenvalue weighted by Gasteiger charge is -2.51. The summed E-state index contributed by atoms with van der Waals surface area (Å²) in [6.45, 7) is 24.4. The second-order valence-electron chi connectivity index (χ2n) is 14.5. The van der Waals surface area contributed by atoms with E-state index in [1.807, 2.05) is 0 Å². The fourth-order valence-electron chi connectivity index (χ4n) is 6.07. The summed E-state index contributed by atoms with van der Waals surface area (Å²) in [5.41, 5.74) is -2.11. The summed E-state index contributed by atoms with van der Waals surface area (Å²) in [6, 6.07) is 1.18. The second-order valence-corrected chi connectivity index (χ2v) is 23.3. The molecule has 13 nitrogen and oxygen atoms in total. The first-order valence-electron chi connectivity index (χ1n) is 16.4. The highest BCUT2D eigenvalue weighted by Crippen LogP contribution is 2.48. The Hall–Kier alpha value is -2.41. The van der Waals surface area contributed by atoms with Crippen LogP contribution in [0.2, 0.25) is 22.2 Å². The van der Waals surface area contributed by atoms with Crippen molar-refractivity contribution in [1.29, 1.82) is 0 Å². The molecule has 0 bridgehead atoms. The van der Waals surface area contributed by atoms with E-state index >= 15 is 0 Å². The van der Waals surface area contributed by atoms with Crippen LogP contribution in [-0.4, -0.2) is 76.3 Å². The van der Waals surface area contributed by atoms with Crippen LogP contribution in [0.5, 0.6) is 0 Å². The third kappa shape index (κ3) is 8.25. The van der Waals surface area contributed by atoms with E-state index < -0.39 is 83.6 Å². The minimum Gasteiger partial charge on any atom is -0.460 e. The highest BCUT2D eigenvalue weighted by atomic mass is 28.5. The summed E-state index contributed by atoms with van der Waals surface area (Å²) in [5, 5.41) is 0. The zero-order chi connectivity index (χ0) is 35.5. The fraction of sp³-hybridized carbons (Fsp3) is 0.750. The maximum absolute atomic E-state index is 13.8. The average molecular weight is 699 g/mol. The van der Waals surface area contributed by atoms with E-state index in [0.717, 1.165) is 4.57 Å². The zero-order valence-corrected chi connectivity index (χ0v) is 31.8. The first-order chi connectivity index (χ1) is 21.8. The Morgan fingerprint density at radius 2 is 1.60 bits per heavy atom. The van der Waals surface area contributed by atoms with Gasteiger partial charge in [0.15, 0.2) is 13.0 Å². The lowest BCUT2D eigenvalue weighted by Crippen LogP contribution is -2.66. The van der Waals surface area contributed by atoms with Crippen molar-refractivity contribution in [2.45, 2.75) is 130 Å². The molecule has 0 aromatic carbocycles. The molecule has 0 unspecified atom stereocenters. The number of nitrogens with zero attached hydrogens (tertiary/aromatic N) is 2. The van der Waals surface area contributed by atoms with Crippen molar-refractivity contribution in [3.05, 3.63) is 45.8 Å². The van der Waals surface area contributed by atoms with Crippen molar-refractivity contribution < 1.29 is 41.5 Å². The van der Waals surface area contributed by atoms with Gasteiger partial charge in [0, 0.05) is 12.3 Å². The van der Waals surface area contributed by atoms with Gasteiger partial charge in [-0.1, -0.05) is 68.0 Å². The van der Waals surface area contributed by atoms with Gasteiger partial charge in [0.1, 0.15) is 31.5 Å². The van der Waals surface area contributed by atoms with Gasteiger partial charge in [0.05, 0.1) is 12.0 Å². The van der Waals surface area contributed by atoms with Gasteiger partial charge in [0.25, 0.3) is 5.56 Å². The maximum Gasteiger partial charge on any atom is 0.335 e. The summed E-state index contributed by atoms with van der Waals surface area (Å²) < 4.78 is 46.5. The molecule has 0 radical (unpaired) electrons. The largest absolute Gasteiger partial charge is 0.460 e. The molecule has 0 saturated carbocycles. The molecule has 3 rings (SSSR count). The molecule has 0 spiro atoms. The number of ether oxygens (including phenoxy) is 4. The van der Waals surface area contributed by atoms with E-state index in [2.05, 4.69) is 62.0 Å². The minimum absolute atomic E-state index is 0.00255. The number of carbonyl (C=O) groups excluding carboxylic acids is 2. The van der Waals surface area contributed by atoms with Crippen molar-refractivity contribution in [3.63, 3.8) is 0 Å². The molecule has 47 heavy (non-hydrogen) atoms. The molecular formula is C32H54N2O11Si2. The van der Waals surface area contributed by atoms with E-state index in [-0.39, 0.29) is 35.4 Å². The van der Waals surface area contributed by atoms with Crippen LogP contribution >= 0.6 is 0 Å². The van der Waals surface area contributed by atoms with Crippen LogP contribution in [0.15, 0.2) is 34.5 Å². The summed E-state index contributed by atoms with van der Waals surface area (Å²) in [7, 11) is -6.06. The van der Waals surface area contributed by atoms with Gasteiger partial charge in [-0.05, 0) is 42.9 Å². The zero-order valence-electron chi connectivity index (χ0n) is 29.8. The van der Waals surface area contributed by atoms with Crippen LogP contribution in [-0.2, 0) is 48.2 Å². The Bertz CT molecular complexity index is 1370. The molecule has 2 aliphatic rings. The summed E-state index contributed by atoms with van der Waals surface area (Å²) in [5.74, 6) is -1.22. The quantitative estimate of drug-likeness (QED) is 0.173. The number of fused-ring (bicyclic) bond motifs is 1. The third-order valence-corrected chi connectivity index (χ3v) is 18.9. The van der Waals surface area contributed by atoms with Crippen LogP contribution in [0.3, 0.4) is 0 Å². The van der Waals surface area contributed by atoms with Crippen molar-refractivity contribution >= 4 is 29.1 Å². The number of esters is 2. The van der Waals surface area contributed by atoms with E-state index in [9.17, 15) is 19.2 Å². The molecule has 2 aliphatic heterocycles. The predicted octanol–water partition coefficient (Wildman–Crippen LogP) is 4.53. The second kappa shape index (κ2) is 15.4. The Labute approximate surface area is 280 Å². The molecule has 266 valence electrons. The summed E-state index contributed by atoms with van der Waals surface area (Å²) >= 11 is 0. The third-order valence-electron chi connectivity index (χ3n) is 8.68. The molecule has 3 heterocycles. The molecule has 1 aromatic heterocycles. The van der Waals surface area contributed by atoms with Crippen LogP contribution in [0.4, 0.5) is 0 Å². The predicted molar refractivity (Wildman–Crippen MR) is 179 cm³/mol. The first kappa shape index (κ1) is 39.0. The molecule has 0 N–H and O–H groups in total. The average Bonchev–Trinajstić information content (AvgIpc) is 3.29. The first-order valence-corrected chi connectivity index (χ1v) is 20.3. The van der Waals surface area contributed by atoms with Gasteiger partial charge in [-0.15, -0.1) is 0 Å². The summed E-state index contributed by atoms with van der Waals surface area (Å²) in [6.07, 6.45) is -0.921. The van der Waals surface area contributed by atoms with Gasteiger partial charge in [0.2, 0.25) is 0 Å². The SMILES string of the molecule is C=CCOC(=O)CO[C@@H]1[C@@H]2O[Si](C(C)C)(C(C)C)O[Si](C(C)C)(C(C)C)OC[C@H]2O[C@H]1n1ccc(=O)n(COC(=O)C(C)(C)C)c1=O. The fourth-order valence-corrected chi connectivity index (χ4v) is 17.3. The minimum atomic E-state index is -3.15. The summed E-state index contributed by atoms with van der Waals surface area (Å²) in [4.78, 5) is 51.7. The molecule has 0 amide bonds. The Morgan fingerprint density at radius 3 is 2.13 bits per heavy atom. The molecule has 2 fully saturated rings. The van der Waals surface area contributed by atoms with Gasteiger partial charge in [-0.25, -0.2) is 14.2 Å². The number of aromatic nitrogens is 2. The molecular weight excluding hydrogens is 645 g/mol. The van der Waals surface area contributed by atoms with Gasteiger partial charge in [-0.3, -0.25) is 14.2 Å². The van der Waals surface area contributed by atoms with Gasteiger partial charge >= 0.3 is 34.8 Å². The highest BCUT2D eigenvalue weighted by molar-refractivity contribution is 6.84. The van der Waals surface area contributed by atoms with Gasteiger partial charge < -0.3 is 31.9 Å². The molecule has 2 saturated heterocycles. The van der Waals surface area contributed by atoms with Crippen LogP contribution in [0.1, 0.15) is 82.4 Å². The van der Waals surface area contributed by atoms with Crippen LogP contribution < -0.4 is 11.2 Å². The Kier molecular flexibility index (Phi) is 12.8. The Morgan fingerprint density at radius 1 is 1.00 bits per heavy atom. The molecule has 4 atom stereocenters. The van der Waals surface area contributed by atoms with Crippen molar-refractivity contribution in [2.75, 3.05) is 19.8 Å². The number of hydrogen-bond donors (Lipinski definition) is 0. The molecule has 1 aromatic rings. The van der Waals surface area contributed by atoms with Crippen LogP contribution in [0, 0.1) is 5.41 Å². The standard InChI is InChI=1S/C32H54N2O11Si2/c1-13-16-39-26(36)18-40-28-27-24(17-42-46(20(2)3,21(4)5)45-47(44-27,22(6)7)23(8)9)43-29(28)33-15-14-25(35)34(31(33)38)19-41-30(37)32(10,11)12/h13-15,20-24,27-29H,1,16-19H2,2-12H3/t24-,27-,28-,29-/m1/s1. The van der Waals surface area contributed by atoms with E-state index in [0.29, 0.717) is 0 Å². The normalized spacial score (nSPS) is 24.2. The number of carbonyl (C=O) groups is 2. The number of rotatable bonds is 12. The molecule has 15 heteroatoms. The van der Waals surface area contributed by atoms with E-state index in [4.69, 9.17) is 31.9 Å². The van der Waals surface area contributed by atoms with Gasteiger partial charge in [-0.2, -0.15) is 0 Å². The number of hydrogen-bond acceptors (Lipinski definition) is 11. The van der Waals surface area contributed by atoms with Crippen molar-refractivity contribution in [1.82, 2.24) is 9.13 Å². The topological polar surface area (TPSA) is 143 Å². The van der Waals surface area contributed by atoms with E-state index in [1.165, 1.54) is 22.9 Å². The monoisotopic (exact) mass is 698 g/mol. The lowest BCUT2D eigenvalue weighted by atomic mass is 9.98. The van der Waals surface area contributed by atoms with Crippen molar-refractivity contribution in [2.24, 2.45) is 5.41 Å². The van der Waals surface area contributed by atoms with E-state index in [1.54, 1.807) is 20.8 Å².